The molecule has 0 spiro atoms. The maximum Gasteiger partial charge on any atom is 0.348 e. The molecule has 6 N–H and O–H groups in total. The molecule has 5 aliphatic rings. The average molecular weight is 865 g/mol. The Balaban J connectivity index is 0.00000119. The highest BCUT2D eigenvalue weighted by Gasteiger charge is 2.67. The minimum Gasteiger partial charge on any atom is -0.515 e. The van der Waals surface area contributed by atoms with Crippen LogP contribution in [0.5, 0.6) is 0 Å². The number of rotatable bonds is 12. The van der Waals surface area contributed by atoms with Crippen LogP contribution in [0.2, 0.25) is 0 Å². The molecule has 0 aromatic heterocycles. The number of nitrogens with one attached hydrogen (secondary N) is 1. The number of amides is 2. The van der Waals surface area contributed by atoms with E-state index in [-0.39, 0.29) is 52.1 Å². The topological polar surface area (TPSA) is 176 Å². The molecule has 9 atom stereocenters. The molecule has 11 heteroatoms. The fourth-order valence-electron chi connectivity index (χ4n) is 13.2. The van der Waals surface area contributed by atoms with Crippen LogP contribution in [-0.4, -0.2) is 45.7 Å². The van der Waals surface area contributed by atoms with E-state index in [0.717, 1.165) is 56.1 Å². The number of aliphatic hydroxyl groups excluding tert-OH is 2. The van der Waals surface area contributed by atoms with Crippen LogP contribution >= 0.6 is 0 Å². The molecule has 0 radical (unpaired) electrons. The monoisotopic (exact) mass is 865 g/mol. The number of halogens is 1. The number of carbonyl (C=O) groups excluding carboxylic acids is 3. The summed E-state index contributed by atoms with van der Waals surface area (Å²) in [5, 5.41) is 33.4. The first-order valence-corrected chi connectivity index (χ1v) is 23.1. The molecule has 9 unspecified atom stereocenters. The van der Waals surface area contributed by atoms with Gasteiger partial charge in [0.05, 0.1) is 23.4 Å². The zero-order valence-corrected chi connectivity index (χ0v) is 38.6. The summed E-state index contributed by atoms with van der Waals surface area (Å²) in [4.78, 5) is 48.9. The van der Waals surface area contributed by atoms with Crippen LogP contribution in [0.25, 0.3) is 0 Å². The van der Waals surface area contributed by atoms with Crippen molar-refractivity contribution >= 4 is 24.3 Å². The molecular formula is C51H77FN2O8. The standard InChI is InChI=1S/C45H62FNO7.C3H6.C2H6.CH3NO/c1-42(2)36-18-21-43(3)34-17-23-45(20-9-13-35(45)33(34)15-16-37(43)44(36,4)22-19-38(42)49)41(53)47-27-31-12-8-11-29(25-31)24-30(26-32(28-48)40(51)52)10-6-5-7-14-39(50)54-46;1-3-2;1-2;2-1-3/h6,8,10-12,25-26,28,33-38,48-49H,5,7,9,13-24,27H2,1-4H3,(H,47,53)(H,51,52);3H,1H2,2H3;1-2H3;1H,(H2,2,3)/b10-6-,30-26+,32-28-;;;. The Kier molecular flexibility index (Phi) is 19.7. The Morgan fingerprint density at radius 2 is 1.61 bits per heavy atom. The second-order valence-electron chi connectivity index (χ2n) is 19.1. The summed E-state index contributed by atoms with van der Waals surface area (Å²) in [5.41, 5.74) is 6.59. The zero-order valence-electron chi connectivity index (χ0n) is 38.6. The second kappa shape index (κ2) is 23.4. The molecule has 0 aliphatic heterocycles. The van der Waals surface area contributed by atoms with Crippen LogP contribution in [0.4, 0.5) is 4.53 Å². The number of hydrogen-bond acceptors (Lipinski definition) is 7. The maximum atomic E-state index is 14.4. The number of benzene rings is 1. The predicted molar refractivity (Wildman–Crippen MR) is 243 cm³/mol. The third-order valence-electron chi connectivity index (χ3n) is 15.7. The van der Waals surface area contributed by atoms with Crippen molar-refractivity contribution in [3.8, 4) is 0 Å². The summed E-state index contributed by atoms with van der Waals surface area (Å²) >= 11 is 0. The van der Waals surface area contributed by atoms with E-state index in [0.29, 0.717) is 67.2 Å². The maximum absolute atomic E-state index is 14.4. The van der Waals surface area contributed by atoms with Crippen molar-refractivity contribution in [1.29, 1.82) is 0 Å². The molecule has 1 aromatic carbocycles. The minimum atomic E-state index is -1.26. The van der Waals surface area contributed by atoms with Gasteiger partial charge in [-0.2, -0.15) is 0 Å². The normalized spacial score (nSPS) is 31.9. The molecule has 1 aromatic rings. The largest absolute Gasteiger partial charge is 0.515 e. The van der Waals surface area contributed by atoms with Gasteiger partial charge in [0, 0.05) is 17.5 Å². The smallest absolute Gasteiger partial charge is 0.348 e. The first kappa shape index (κ1) is 52.1. The Morgan fingerprint density at radius 3 is 2.26 bits per heavy atom. The number of aliphatic carboxylic acids is 1. The quantitative estimate of drug-likeness (QED) is 0.0344. The Morgan fingerprint density at radius 1 is 0.952 bits per heavy atom. The highest BCUT2D eigenvalue weighted by atomic mass is 19.3. The van der Waals surface area contributed by atoms with Crippen LogP contribution in [0.1, 0.15) is 149 Å². The second-order valence-corrected chi connectivity index (χ2v) is 19.1. The van der Waals surface area contributed by atoms with Crippen LogP contribution in [0, 0.1) is 51.2 Å². The highest BCUT2D eigenvalue weighted by molar-refractivity contribution is 5.89. The number of hydrogen-bond donors (Lipinski definition) is 5. The number of unbranched alkanes of at least 4 members (excludes halogenated alkanes) is 1. The van der Waals surface area contributed by atoms with Gasteiger partial charge in [0.15, 0.2) is 0 Å². The Labute approximate surface area is 370 Å². The van der Waals surface area contributed by atoms with Gasteiger partial charge in [-0.1, -0.05) is 90.5 Å². The van der Waals surface area contributed by atoms with E-state index in [2.05, 4.69) is 50.3 Å². The van der Waals surface area contributed by atoms with Crippen molar-refractivity contribution in [2.24, 2.45) is 57.0 Å². The SMILES string of the molecule is C=CC.CC.CC1(C)C(O)CCC2(C)C1CCC1(C)C3CCC4(C(=O)NCc5cccc(CC(/C=C\CCCC(=O)OF)=C/C(=C/O)C(=O)O)c5)CCCC4C3CCC12.NC=O. The summed E-state index contributed by atoms with van der Waals surface area (Å²) < 4.78 is 12.0. The number of allylic oxidation sites excluding steroid dienone is 4. The number of aliphatic hydroxyl groups is 2. The molecule has 0 heterocycles. The predicted octanol–water partition coefficient (Wildman–Crippen LogP) is 10.6. The van der Waals surface area contributed by atoms with Crippen molar-refractivity contribution in [2.75, 3.05) is 0 Å². The van der Waals surface area contributed by atoms with Gasteiger partial charge >= 0.3 is 11.9 Å². The zero-order chi connectivity index (χ0) is 46.3. The fourth-order valence-corrected chi connectivity index (χ4v) is 13.2. The van der Waals surface area contributed by atoms with E-state index in [1.54, 1.807) is 18.2 Å². The average Bonchev–Trinajstić information content (AvgIpc) is 3.70. The van der Waals surface area contributed by atoms with E-state index in [1.165, 1.54) is 31.8 Å². The molecule has 0 bridgehead atoms. The van der Waals surface area contributed by atoms with Crippen LogP contribution < -0.4 is 11.1 Å². The van der Waals surface area contributed by atoms with Crippen molar-refractivity contribution in [1.82, 2.24) is 5.32 Å². The summed E-state index contributed by atoms with van der Waals surface area (Å²) in [7, 11) is 0. The highest BCUT2D eigenvalue weighted by Crippen LogP contribution is 2.73. The van der Waals surface area contributed by atoms with Crippen molar-refractivity contribution in [3.63, 3.8) is 0 Å². The molecule has 2 amide bonds. The molecule has 5 fully saturated rings. The lowest BCUT2D eigenvalue weighted by molar-refractivity contribution is -0.214. The summed E-state index contributed by atoms with van der Waals surface area (Å²) in [6.07, 6.45) is 20.6. The first-order valence-electron chi connectivity index (χ1n) is 23.1. The lowest BCUT2D eigenvalue weighted by atomic mass is 9.36. The van der Waals surface area contributed by atoms with E-state index in [9.17, 15) is 34.2 Å². The minimum absolute atomic E-state index is 0.0505. The van der Waals surface area contributed by atoms with Crippen LogP contribution in [0.3, 0.4) is 0 Å². The van der Waals surface area contributed by atoms with E-state index in [4.69, 9.17) is 4.79 Å². The molecule has 10 nitrogen and oxygen atoms in total. The van der Waals surface area contributed by atoms with E-state index < -0.39 is 11.9 Å². The number of carboxylic acid groups (broad SMARTS) is 1. The van der Waals surface area contributed by atoms with Gasteiger partial charge in [-0.05, 0) is 159 Å². The number of carbonyl (C=O) groups is 4. The van der Waals surface area contributed by atoms with Crippen molar-refractivity contribution in [3.05, 3.63) is 83.7 Å². The molecule has 5 aliphatic carbocycles. The van der Waals surface area contributed by atoms with Crippen LogP contribution in [0.15, 0.2) is 72.6 Å². The van der Waals surface area contributed by atoms with Gasteiger partial charge in [0.25, 0.3) is 0 Å². The number of fused-ring (bicyclic) bond motifs is 7. The summed E-state index contributed by atoms with van der Waals surface area (Å²) in [6.45, 7) is 19.4. The number of primary amides is 1. The summed E-state index contributed by atoms with van der Waals surface area (Å²) in [5.74, 6) is 0.861. The molecule has 6 rings (SSSR count). The van der Waals surface area contributed by atoms with Crippen molar-refractivity contribution < 1.29 is 44.0 Å². The molecule has 0 saturated heterocycles. The van der Waals surface area contributed by atoms with E-state index in [1.807, 2.05) is 45.0 Å². The molecule has 346 valence electrons. The lowest BCUT2D eigenvalue weighted by Crippen LogP contribution is -2.63. The molecule has 5 saturated carbocycles. The van der Waals surface area contributed by atoms with Gasteiger partial charge in [-0.25, -0.2) is 9.59 Å². The van der Waals surface area contributed by atoms with Gasteiger partial charge in [0.1, 0.15) is 0 Å². The fraction of sp³-hybridized carbons (Fsp3) is 0.647. The van der Waals surface area contributed by atoms with Gasteiger partial charge in [0.2, 0.25) is 12.3 Å². The van der Waals surface area contributed by atoms with Gasteiger partial charge in [-0.3, -0.25) is 14.5 Å². The number of carboxylic acids is 1. The first-order chi connectivity index (χ1) is 29.5. The van der Waals surface area contributed by atoms with Crippen LogP contribution in [-0.2, 0) is 37.1 Å². The van der Waals surface area contributed by atoms with Gasteiger partial charge < -0.3 is 26.4 Å². The van der Waals surface area contributed by atoms with Gasteiger partial charge in [-0.15, -0.1) is 6.58 Å². The van der Waals surface area contributed by atoms with E-state index >= 15 is 0 Å². The summed E-state index contributed by atoms with van der Waals surface area (Å²) in [6, 6.07) is 7.90. The number of nitrogens with two attached hydrogens (primary N) is 1. The molecular weight excluding hydrogens is 788 g/mol. The third kappa shape index (κ3) is 11.5. The Bertz CT molecular complexity index is 1770. The third-order valence-corrected chi connectivity index (χ3v) is 15.7. The van der Waals surface area contributed by atoms with Crippen molar-refractivity contribution in [2.45, 2.75) is 157 Å². The Hall–Kier alpha value is -4.25. The molecule has 62 heavy (non-hydrogen) atoms. The lowest BCUT2D eigenvalue weighted by Gasteiger charge is -2.69.